The van der Waals surface area contributed by atoms with Gasteiger partial charge in [0.2, 0.25) is 0 Å². The minimum absolute atomic E-state index is 0.900. The van der Waals surface area contributed by atoms with Crippen molar-refractivity contribution in [3.05, 3.63) is 115 Å². The SMILES string of the molecule is c1ccc(-c2nc3ccc(-c4cc5c6ccccc6ccc5c5ccccc45)cc3[nH]2)cc1. The Morgan fingerprint density at radius 1 is 0.485 bits per heavy atom. The van der Waals surface area contributed by atoms with Gasteiger partial charge in [-0.2, -0.15) is 0 Å². The summed E-state index contributed by atoms with van der Waals surface area (Å²) in [5.41, 5.74) is 5.56. The molecule has 0 saturated heterocycles. The highest BCUT2D eigenvalue weighted by atomic mass is 14.9. The van der Waals surface area contributed by atoms with Crippen LogP contribution in [-0.4, -0.2) is 9.97 Å². The Labute approximate surface area is 191 Å². The zero-order chi connectivity index (χ0) is 21.8. The zero-order valence-electron chi connectivity index (χ0n) is 17.9. The number of hydrogen-bond donors (Lipinski definition) is 1. The topological polar surface area (TPSA) is 28.7 Å². The number of aromatic nitrogens is 2. The molecule has 0 bridgehead atoms. The number of imidazole rings is 1. The molecular formula is C31H20N2. The summed E-state index contributed by atoms with van der Waals surface area (Å²) in [5.74, 6) is 0.900. The third kappa shape index (κ3) is 2.85. The van der Waals surface area contributed by atoms with Crippen molar-refractivity contribution in [1.82, 2.24) is 9.97 Å². The van der Waals surface area contributed by atoms with Crippen LogP contribution in [0.5, 0.6) is 0 Å². The van der Waals surface area contributed by atoms with Crippen molar-refractivity contribution in [2.75, 3.05) is 0 Å². The third-order valence-electron chi connectivity index (χ3n) is 6.61. The van der Waals surface area contributed by atoms with E-state index in [9.17, 15) is 0 Å². The molecule has 1 N–H and O–H groups in total. The second-order valence-corrected chi connectivity index (χ2v) is 8.53. The fraction of sp³-hybridized carbons (Fsp3) is 0. The van der Waals surface area contributed by atoms with E-state index in [1.165, 1.54) is 43.4 Å². The molecule has 6 aromatic carbocycles. The number of nitrogens with zero attached hydrogens (tertiary/aromatic N) is 1. The number of benzene rings is 6. The number of nitrogens with one attached hydrogen (secondary N) is 1. The Kier molecular flexibility index (Phi) is 3.88. The second-order valence-electron chi connectivity index (χ2n) is 8.53. The fourth-order valence-electron chi connectivity index (χ4n) is 5.01. The van der Waals surface area contributed by atoms with Crippen molar-refractivity contribution in [2.24, 2.45) is 0 Å². The monoisotopic (exact) mass is 420 g/mol. The first kappa shape index (κ1) is 18.2. The molecule has 154 valence electrons. The second kappa shape index (κ2) is 7.04. The van der Waals surface area contributed by atoms with Gasteiger partial charge in [0.15, 0.2) is 0 Å². The summed E-state index contributed by atoms with van der Waals surface area (Å²) in [6, 6.07) is 41.0. The molecule has 33 heavy (non-hydrogen) atoms. The summed E-state index contributed by atoms with van der Waals surface area (Å²) >= 11 is 0. The number of H-pyrrole nitrogens is 1. The highest BCUT2D eigenvalue weighted by molar-refractivity contribution is 6.21. The Bertz CT molecular complexity index is 1810. The van der Waals surface area contributed by atoms with E-state index in [-0.39, 0.29) is 0 Å². The van der Waals surface area contributed by atoms with Crippen LogP contribution >= 0.6 is 0 Å². The van der Waals surface area contributed by atoms with Crippen LogP contribution in [-0.2, 0) is 0 Å². The molecule has 0 aliphatic heterocycles. The normalized spacial score (nSPS) is 11.6. The largest absolute Gasteiger partial charge is 0.338 e. The zero-order valence-corrected chi connectivity index (χ0v) is 17.9. The third-order valence-corrected chi connectivity index (χ3v) is 6.61. The lowest BCUT2D eigenvalue weighted by molar-refractivity contribution is 1.34. The van der Waals surface area contributed by atoms with E-state index >= 15 is 0 Å². The lowest BCUT2D eigenvalue weighted by Gasteiger charge is -2.13. The molecule has 2 nitrogen and oxygen atoms in total. The van der Waals surface area contributed by atoms with E-state index in [4.69, 9.17) is 4.98 Å². The molecule has 0 aliphatic carbocycles. The van der Waals surface area contributed by atoms with E-state index in [2.05, 4.69) is 102 Å². The maximum absolute atomic E-state index is 4.82. The average Bonchev–Trinajstić information content (AvgIpc) is 3.32. The molecule has 0 atom stereocenters. The Hall–Kier alpha value is -4.43. The summed E-state index contributed by atoms with van der Waals surface area (Å²) in [4.78, 5) is 8.34. The van der Waals surface area contributed by atoms with Crippen molar-refractivity contribution in [2.45, 2.75) is 0 Å². The smallest absolute Gasteiger partial charge is 0.138 e. The van der Waals surface area contributed by atoms with E-state index < -0.39 is 0 Å². The van der Waals surface area contributed by atoms with Gasteiger partial charge in [-0.25, -0.2) is 4.98 Å². The predicted molar refractivity (Wildman–Crippen MR) is 139 cm³/mol. The van der Waals surface area contributed by atoms with Gasteiger partial charge in [-0.3, -0.25) is 0 Å². The van der Waals surface area contributed by atoms with Crippen molar-refractivity contribution in [1.29, 1.82) is 0 Å². The van der Waals surface area contributed by atoms with E-state index in [0.717, 1.165) is 22.4 Å². The van der Waals surface area contributed by atoms with Gasteiger partial charge < -0.3 is 4.98 Å². The van der Waals surface area contributed by atoms with Crippen molar-refractivity contribution < 1.29 is 0 Å². The van der Waals surface area contributed by atoms with Crippen LogP contribution in [0.3, 0.4) is 0 Å². The van der Waals surface area contributed by atoms with Crippen molar-refractivity contribution >= 4 is 43.4 Å². The molecule has 0 unspecified atom stereocenters. The van der Waals surface area contributed by atoms with Gasteiger partial charge in [-0.15, -0.1) is 0 Å². The summed E-state index contributed by atoms with van der Waals surface area (Å²) in [6.45, 7) is 0. The number of hydrogen-bond acceptors (Lipinski definition) is 1. The molecule has 2 heteroatoms. The summed E-state index contributed by atoms with van der Waals surface area (Å²) in [5, 5.41) is 7.69. The molecule has 0 aliphatic rings. The molecule has 0 saturated carbocycles. The van der Waals surface area contributed by atoms with Crippen LogP contribution in [0.2, 0.25) is 0 Å². The van der Waals surface area contributed by atoms with Gasteiger partial charge in [0.05, 0.1) is 11.0 Å². The lowest BCUT2D eigenvalue weighted by atomic mass is 9.91. The van der Waals surface area contributed by atoms with Crippen LogP contribution in [0.25, 0.3) is 65.9 Å². The fourth-order valence-corrected chi connectivity index (χ4v) is 5.01. The molecule has 0 amide bonds. The van der Waals surface area contributed by atoms with Crippen molar-refractivity contribution in [3.63, 3.8) is 0 Å². The molecule has 1 aromatic heterocycles. The van der Waals surface area contributed by atoms with E-state index in [1.54, 1.807) is 0 Å². The number of aromatic amines is 1. The first-order chi connectivity index (χ1) is 16.3. The Morgan fingerprint density at radius 2 is 1.21 bits per heavy atom. The minimum atomic E-state index is 0.900. The van der Waals surface area contributed by atoms with E-state index in [0.29, 0.717) is 0 Å². The molecule has 0 radical (unpaired) electrons. The number of fused-ring (bicyclic) bond motifs is 6. The predicted octanol–water partition coefficient (Wildman–Crippen LogP) is 8.36. The van der Waals surface area contributed by atoms with Crippen LogP contribution < -0.4 is 0 Å². The van der Waals surface area contributed by atoms with Crippen LogP contribution in [0, 0.1) is 0 Å². The summed E-state index contributed by atoms with van der Waals surface area (Å²) < 4.78 is 0. The average molecular weight is 421 g/mol. The van der Waals surface area contributed by atoms with Gasteiger partial charge in [-0.1, -0.05) is 97.1 Å². The van der Waals surface area contributed by atoms with Crippen molar-refractivity contribution in [3.8, 4) is 22.5 Å². The van der Waals surface area contributed by atoms with Crippen LogP contribution in [0.1, 0.15) is 0 Å². The molecule has 1 heterocycles. The Balaban J connectivity index is 1.51. The van der Waals surface area contributed by atoms with Gasteiger partial charge in [0, 0.05) is 5.56 Å². The molecular weight excluding hydrogens is 400 g/mol. The maximum Gasteiger partial charge on any atom is 0.138 e. The minimum Gasteiger partial charge on any atom is -0.338 e. The quantitative estimate of drug-likeness (QED) is 0.280. The number of rotatable bonds is 2. The first-order valence-corrected chi connectivity index (χ1v) is 11.2. The summed E-state index contributed by atoms with van der Waals surface area (Å²) in [7, 11) is 0. The van der Waals surface area contributed by atoms with Crippen LogP contribution in [0.4, 0.5) is 0 Å². The highest BCUT2D eigenvalue weighted by Gasteiger charge is 2.12. The maximum atomic E-state index is 4.82. The molecule has 7 rings (SSSR count). The van der Waals surface area contributed by atoms with Gasteiger partial charge >= 0.3 is 0 Å². The first-order valence-electron chi connectivity index (χ1n) is 11.2. The lowest BCUT2D eigenvalue weighted by Crippen LogP contribution is -1.86. The van der Waals surface area contributed by atoms with Gasteiger partial charge in [0.25, 0.3) is 0 Å². The van der Waals surface area contributed by atoms with E-state index in [1.807, 2.05) is 18.2 Å². The summed E-state index contributed by atoms with van der Waals surface area (Å²) in [6.07, 6.45) is 0. The molecule has 0 fully saturated rings. The highest BCUT2D eigenvalue weighted by Crippen LogP contribution is 2.38. The standard InChI is InChI=1S/C31H20N2/c1-2-9-21(10-3-1)31-32-29-17-15-22(18-30(29)33-31)27-19-28-23-11-5-4-8-20(23)14-16-26(28)24-12-6-7-13-25(24)27/h1-19H,(H,32,33). The van der Waals surface area contributed by atoms with Gasteiger partial charge in [0.1, 0.15) is 5.82 Å². The van der Waals surface area contributed by atoms with Crippen LogP contribution in [0.15, 0.2) is 115 Å². The Morgan fingerprint density at radius 3 is 2.09 bits per heavy atom. The molecule has 7 aromatic rings. The van der Waals surface area contributed by atoms with Gasteiger partial charge in [-0.05, 0) is 61.6 Å². The molecule has 0 spiro atoms.